The molecule has 0 saturated heterocycles. The maximum absolute atomic E-state index is 13.6. The molecule has 3 N–H and O–H groups in total. The Hall–Kier alpha value is -4.62. The van der Waals surface area contributed by atoms with Gasteiger partial charge in [-0.15, -0.1) is 0 Å². The van der Waals surface area contributed by atoms with Gasteiger partial charge in [0.05, 0.1) is 16.9 Å². The molecule has 8 heteroatoms. The van der Waals surface area contributed by atoms with Crippen LogP contribution in [0.2, 0.25) is 5.02 Å². The molecular weight excluding hydrogens is 502 g/mol. The number of para-hydroxylation sites is 1. The SMILES string of the molecule is CC(C)c1ccc(N2C(=O)/C(=N\Nc3cccc(-c4cccc(C(=O)O)c4)c3O)c3ccc(Cl)cc32)cc1. The van der Waals surface area contributed by atoms with Gasteiger partial charge in [-0.25, -0.2) is 4.79 Å². The van der Waals surface area contributed by atoms with Crippen molar-refractivity contribution in [2.24, 2.45) is 5.10 Å². The molecule has 0 saturated carbocycles. The molecule has 1 aliphatic heterocycles. The molecule has 1 aliphatic rings. The lowest BCUT2D eigenvalue weighted by Crippen LogP contribution is -2.26. The van der Waals surface area contributed by atoms with Gasteiger partial charge >= 0.3 is 5.97 Å². The molecular formula is C30H24ClN3O4. The van der Waals surface area contributed by atoms with Crippen molar-refractivity contribution in [1.29, 1.82) is 0 Å². The van der Waals surface area contributed by atoms with E-state index in [4.69, 9.17) is 11.6 Å². The molecule has 190 valence electrons. The molecule has 0 radical (unpaired) electrons. The number of nitrogens with one attached hydrogen (secondary N) is 1. The number of anilines is 3. The van der Waals surface area contributed by atoms with Crippen molar-refractivity contribution in [3.63, 3.8) is 0 Å². The summed E-state index contributed by atoms with van der Waals surface area (Å²) in [5.41, 5.74) is 7.39. The van der Waals surface area contributed by atoms with Gasteiger partial charge in [0.25, 0.3) is 5.91 Å². The van der Waals surface area contributed by atoms with Crippen molar-refractivity contribution >= 4 is 46.3 Å². The van der Waals surface area contributed by atoms with E-state index < -0.39 is 5.97 Å². The fraction of sp³-hybridized carbons (Fsp3) is 0.100. The zero-order chi connectivity index (χ0) is 27.0. The average molecular weight is 526 g/mol. The Labute approximate surface area is 224 Å². The number of carbonyl (C=O) groups is 2. The number of carboxylic acids is 1. The Kier molecular flexibility index (Phi) is 6.61. The number of hydrogen-bond donors (Lipinski definition) is 3. The van der Waals surface area contributed by atoms with Crippen LogP contribution in [0.1, 0.15) is 41.3 Å². The minimum Gasteiger partial charge on any atom is -0.505 e. The van der Waals surface area contributed by atoms with Gasteiger partial charge in [-0.1, -0.05) is 61.8 Å². The highest BCUT2D eigenvalue weighted by atomic mass is 35.5. The molecule has 0 unspecified atom stereocenters. The standard InChI is InChI=1S/C30H24ClN3O4/c1-17(2)18-9-12-22(13-10-18)34-26-16-21(31)11-14-24(26)27(29(34)36)33-32-25-8-4-7-23(28(25)35)19-5-3-6-20(15-19)30(37)38/h3-17,32,35H,1-2H3,(H,37,38)/b33-27-. The third-order valence-corrected chi connectivity index (χ3v) is 6.66. The molecule has 38 heavy (non-hydrogen) atoms. The summed E-state index contributed by atoms with van der Waals surface area (Å²) >= 11 is 6.28. The first-order valence-electron chi connectivity index (χ1n) is 12.0. The van der Waals surface area contributed by atoms with Crippen molar-refractivity contribution in [2.75, 3.05) is 10.3 Å². The number of benzene rings is 4. The van der Waals surface area contributed by atoms with E-state index in [0.717, 1.165) is 5.56 Å². The number of aromatic hydroxyl groups is 1. The van der Waals surface area contributed by atoms with Crippen molar-refractivity contribution < 1.29 is 19.8 Å². The molecule has 0 atom stereocenters. The van der Waals surface area contributed by atoms with Crippen LogP contribution in [0.15, 0.2) is 90.0 Å². The maximum atomic E-state index is 13.6. The molecule has 0 fully saturated rings. The second-order valence-corrected chi connectivity index (χ2v) is 9.64. The fourth-order valence-corrected chi connectivity index (χ4v) is 4.56. The van der Waals surface area contributed by atoms with E-state index in [-0.39, 0.29) is 28.6 Å². The third-order valence-electron chi connectivity index (χ3n) is 6.42. The van der Waals surface area contributed by atoms with E-state index in [0.29, 0.717) is 39.0 Å². The summed E-state index contributed by atoms with van der Waals surface area (Å²) in [4.78, 5) is 26.5. The minimum absolute atomic E-state index is 0.105. The van der Waals surface area contributed by atoms with E-state index in [1.165, 1.54) is 12.1 Å². The van der Waals surface area contributed by atoms with Gasteiger partial charge < -0.3 is 10.2 Å². The largest absolute Gasteiger partial charge is 0.505 e. The number of hydrogen-bond acceptors (Lipinski definition) is 5. The van der Waals surface area contributed by atoms with Gasteiger partial charge in [0.2, 0.25) is 0 Å². The number of phenolic OH excluding ortho intramolecular Hbond substituents is 1. The number of phenols is 1. The zero-order valence-corrected chi connectivity index (χ0v) is 21.4. The highest BCUT2D eigenvalue weighted by Gasteiger charge is 2.35. The Bertz CT molecular complexity index is 1600. The molecule has 0 aliphatic carbocycles. The average Bonchev–Trinajstić information content (AvgIpc) is 3.18. The number of aromatic carboxylic acids is 1. The minimum atomic E-state index is -1.06. The number of nitrogens with zero attached hydrogens (tertiary/aromatic N) is 2. The van der Waals surface area contributed by atoms with Gasteiger partial charge in [0, 0.05) is 21.8 Å². The van der Waals surface area contributed by atoms with Crippen LogP contribution in [-0.4, -0.2) is 27.8 Å². The van der Waals surface area contributed by atoms with Gasteiger partial charge in [-0.05, 0) is 65.6 Å². The second-order valence-electron chi connectivity index (χ2n) is 9.21. The normalized spacial score (nSPS) is 13.7. The number of carboxylic acid groups (broad SMARTS) is 1. The van der Waals surface area contributed by atoms with Crippen LogP contribution in [0.25, 0.3) is 11.1 Å². The summed E-state index contributed by atoms with van der Waals surface area (Å²) in [6.45, 7) is 4.21. The van der Waals surface area contributed by atoms with Crippen molar-refractivity contribution in [3.8, 4) is 16.9 Å². The molecule has 0 spiro atoms. The first-order chi connectivity index (χ1) is 18.2. The van der Waals surface area contributed by atoms with Crippen LogP contribution in [-0.2, 0) is 4.79 Å². The molecule has 1 heterocycles. The first-order valence-corrected chi connectivity index (χ1v) is 12.4. The highest BCUT2D eigenvalue weighted by Crippen LogP contribution is 2.39. The highest BCUT2D eigenvalue weighted by molar-refractivity contribution is 6.56. The summed E-state index contributed by atoms with van der Waals surface area (Å²) in [6.07, 6.45) is 0. The number of rotatable bonds is 6. The Morgan fingerprint density at radius 3 is 2.39 bits per heavy atom. The zero-order valence-electron chi connectivity index (χ0n) is 20.6. The van der Waals surface area contributed by atoms with Crippen LogP contribution in [0.3, 0.4) is 0 Å². The Morgan fingerprint density at radius 1 is 0.947 bits per heavy atom. The molecule has 7 nitrogen and oxygen atoms in total. The van der Waals surface area contributed by atoms with Crippen LogP contribution in [0, 0.1) is 0 Å². The van der Waals surface area contributed by atoms with Crippen LogP contribution in [0.4, 0.5) is 17.1 Å². The van der Waals surface area contributed by atoms with Gasteiger partial charge in [-0.2, -0.15) is 5.10 Å². The van der Waals surface area contributed by atoms with Crippen LogP contribution < -0.4 is 10.3 Å². The first kappa shape index (κ1) is 25.0. The van der Waals surface area contributed by atoms with Crippen LogP contribution >= 0.6 is 11.6 Å². The Morgan fingerprint density at radius 2 is 1.68 bits per heavy atom. The molecule has 5 rings (SSSR count). The summed E-state index contributed by atoms with van der Waals surface area (Å²) in [5, 5.41) is 25.1. The molecule has 0 bridgehead atoms. The summed E-state index contributed by atoms with van der Waals surface area (Å²) in [5.74, 6) is -1.16. The van der Waals surface area contributed by atoms with Crippen molar-refractivity contribution in [1.82, 2.24) is 0 Å². The number of carbonyl (C=O) groups excluding carboxylic acids is 1. The fourth-order valence-electron chi connectivity index (χ4n) is 4.40. The smallest absolute Gasteiger partial charge is 0.335 e. The molecule has 4 aromatic rings. The number of halogens is 1. The quantitative estimate of drug-likeness (QED) is 0.185. The third kappa shape index (κ3) is 4.60. The van der Waals surface area contributed by atoms with E-state index in [1.54, 1.807) is 53.4 Å². The number of hydrazone groups is 1. The van der Waals surface area contributed by atoms with Gasteiger partial charge in [0.15, 0.2) is 5.71 Å². The van der Waals surface area contributed by atoms with E-state index in [2.05, 4.69) is 24.4 Å². The molecule has 0 aromatic heterocycles. The topological polar surface area (TPSA) is 102 Å². The van der Waals surface area contributed by atoms with Gasteiger partial charge in [0.1, 0.15) is 5.75 Å². The van der Waals surface area contributed by atoms with Gasteiger partial charge in [-0.3, -0.25) is 15.1 Å². The predicted molar refractivity (Wildman–Crippen MR) is 150 cm³/mol. The van der Waals surface area contributed by atoms with Crippen molar-refractivity contribution in [2.45, 2.75) is 19.8 Å². The van der Waals surface area contributed by atoms with E-state index in [1.807, 2.05) is 24.3 Å². The van der Waals surface area contributed by atoms with Crippen molar-refractivity contribution in [3.05, 3.63) is 107 Å². The summed E-state index contributed by atoms with van der Waals surface area (Å²) in [6, 6.07) is 24.2. The lowest BCUT2D eigenvalue weighted by molar-refractivity contribution is -0.111. The number of fused-ring (bicyclic) bond motifs is 1. The van der Waals surface area contributed by atoms with E-state index in [9.17, 15) is 19.8 Å². The maximum Gasteiger partial charge on any atom is 0.335 e. The monoisotopic (exact) mass is 525 g/mol. The second kappa shape index (κ2) is 10.0. The van der Waals surface area contributed by atoms with Crippen LogP contribution in [0.5, 0.6) is 5.75 Å². The Balaban J connectivity index is 1.50. The lowest BCUT2D eigenvalue weighted by Gasteiger charge is -2.18. The lowest BCUT2D eigenvalue weighted by atomic mass is 10.0. The molecule has 1 amide bonds. The summed E-state index contributed by atoms with van der Waals surface area (Å²) < 4.78 is 0. The summed E-state index contributed by atoms with van der Waals surface area (Å²) in [7, 11) is 0. The number of amides is 1. The molecule has 4 aromatic carbocycles. The predicted octanol–water partition coefficient (Wildman–Crippen LogP) is 7.03. The van der Waals surface area contributed by atoms with E-state index >= 15 is 0 Å².